The topological polar surface area (TPSA) is 42.8 Å². The summed E-state index contributed by atoms with van der Waals surface area (Å²) >= 11 is 0. The normalized spacial score (nSPS) is 10.1. The predicted molar refractivity (Wildman–Crippen MR) is 40.5 cm³/mol. The van der Waals surface area contributed by atoms with Crippen molar-refractivity contribution in [3.05, 3.63) is 36.4 Å². The van der Waals surface area contributed by atoms with E-state index >= 15 is 0 Å². The van der Waals surface area contributed by atoms with Crippen molar-refractivity contribution >= 4 is 0 Å². The van der Waals surface area contributed by atoms with Crippen LogP contribution < -0.4 is 4.98 Å². The van der Waals surface area contributed by atoms with Crippen LogP contribution in [-0.4, -0.2) is 10.2 Å². The highest BCUT2D eigenvalue weighted by molar-refractivity contribution is 5.50. The molecule has 0 aliphatic heterocycles. The van der Waals surface area contributed by atoms with Crippen molar-refractivity contribution in [2.75, 3.05) is 0 Å². The lowest BCUT2D eigenvalue weighted by atomic mass is 10.2. The Hall–Kier alpha value is -1.71. The molecule has 0 unspecified atom stereocenters. The summed E-state index contributed by atoms with van der Waals surface area (Å²) in [6.45, 7) is 0. The summed E-state index contributed by atoms with van der Waals surface area (Å²) in [5, 5.41) is 6.43. The highest BCUT2D eigenvalue weighted by Gasteiger charge is 2.05. The van der Waals surface area contributed by atoms with Gasteiger partial charge in [-0.15, -0.1) is 5.10 Å². The molecule has 2 aromatic rings. The smallest absolute Gasteiger partial charge is 0.244 e. The van der Waals surface area contributed by atoms with Gasteiger partial charge < -0.3 is 0 Å². The zero-order chi connectivity index (χ0) is 8.39. The molecule has 1 aromatic heterocycles. The van der Waals surface area contributed by atoms with Gasteiger partial charge in [-0.1, -0.05) is 6.07 Å². The van der Waals surface area contributed by atoms with Crippen LogP contribution in [-0.2, 0) is 0 Å². The molecule has 2 N–H and O–H groups in total. The van der Waals surface area contributed by atoms with Gasteiger partial charge in [0.2, 0.25) is 0 Å². The summed E-state index contributed by atoms with van der Waals surface area (Å²) < 4.78 is 12.7. The molecular formula is C8H7FN3+. The molecule has 60 valence electrons. The van der Waals surface area contributed by atoms with E-state index in [0.29, 0.717) is 5.82 Å². The summed E-state index contributed by atoms with van der Waals surface area (Å²) in [6.07, 6.45) is 1.51. The molecule has 0 saturated heterocycles. The maximum Gasteiger partial charge on any atom is 0.263 e. The van der Waals surface area contributed by atoms with Crippen LogP contribution in [0.4, 0.5) is 4.39 Å². The Morgan fingerprint density at radius 3 is 3.00 bits per heavy atom. The fourth-order valence-corrected chi connectivity index (χ4v) is 1.02. The second-order valence-electron chi connectivity index (χ2n) is 2.40. The van der Waals surface area contributed by atoms with Crippen LogP contribution in [0.2, 0.25) is 0 Å². The summed E-state index contributed by atoms with van der Waals surface area (Å²) in [4.78, 5) is 2.85. The van der Waals surface area contributed by atoms with Crippen molar-refractivity contribution in [2.24, 2.45) is 0 Å². The van der Waals surface area contributed by atoms with Crippen molar-refractivity contribution in [3.63, 3.8) is 0 Å². The van der Waals surface area contributed by atoms with Crippen LogP contribution in [0.5, 0.6) is 0 Å². The van der Waals surface area contributed by atoms with Crippen LogP contribution in [0.3, 0.4) is 0 Å². The van der Waals surface area contributed by atoms with Gasteiger partial charge in [0.05, 0.1) is 5.56 Å². The number of aromatic amines is 2. The van der Waals surface area contributed by atoms with Crippen molar-refractivity contribution in [2.45, 2.75) is 0 Å². The zero-order valence-corrected chi connectivity index (χ0v) is 6.21. The van der Waals surface area contributed by atoms with Gasteiger partial charge in [0.15, 0.2) is 0 Å². The summed E-state index contributed by atoms with van der Waals surface area (Å²) in [5.41, 5.74) is 0.757. The van der Waals surface area contributed by atoms with E-state index in [0.717, 1.165) is 5.56 Å². The van der Waals surface area contributed by atoms with E-state index in [1.807, 2.05) is 0 Å². The molecule has 1 heterocycles. The minimum atomic E-state index is -0.254. The van der Waals surface area contributed by atoms with Gasteiger partial charge in [0.25, 0.3) is 12.2 Å². The maximum atomic E-state index is 12.7. The molecule has 0 fully saturated rings. The SMILES string of the molecule is Fc1cccc(-c2[nH]nc[nH+]2)c1. The predicted octanol–water partition coefficient (Wildman–Crippen LogP) is 1.03. The standard InChI is InChI=1S/C8H6FN3/c9-7-3-1-2-6(4-7)8-10-5-11-12-8/h1-5H,(H,10,11,12)/p+1. The molecule has 0 aliphatic carbocycles. The third-order valence-electron chi connectivity index (χ3n) is 1.56. The van der Waals surface area contributed by atoms with Gasteiger partial charge in [-0.05, 0) is 18.2 Å². The van der Waals surface area contributed by atoms with E-state index in [4.69, 9.17) is 0 Å². The zero-order valence-electron chi connectivity index (χ0n) is 6.21. The number of hydrogen-bond acceptors (Lipinski definition) is 1. The highest BCUT2D eigenvalue weighted by atomic mass is 19.1. The van der Waals surface area contributed by atoms with Crippen molar-refractivity contribution in [1.82, 2.24) is 10.2 Å². The van der Waals surface area contributed by atoms with E-state index in [1.165, 1.54) is 18.5 Å². The van der Waals surface area contributed by atoms with Crippen LogP contribution in [0.25, 0.3) is 11.4 Å². The molecule has 3 nitrogen and oxygen atoms in total. The number of halogens is 1. The molecule has 0 saturated carbocycles. The van der Waals surface area contributed by atoms with Crippen LogP contribution in [0.1, 0.15) is 0 Å². The first-order chi connectivity index (χ1) is 5.86. The second kappa shape index (κ2) is 2.73. The van der Waals surface area contributed by atoms with Gasteiger partial charge >= 0.3 is 0 Å². The summed E-state index contributed by atoms with van der Waals surface area (Å²) in [5.74, 6) is 0.449. The largest absolute Gasteiger partial charge is 0.263 e. The van der Waals surface area contributed by atoms with Gasteiger partial charge in [-0.3, -0.25) is 0 Å². The Balaban J connectivity index is 2.48. The molecule has 2 rings (SSSR count). The molecule has 0 bridgehead atoms. The van der Waals surface area contributed by atoms with Gasteiger partial charge in [-0.25, -0.2) is 9.37 Å². The fraction of sp³-hybridized carbons (Fsp3) is 0. The van der Waals surface area contributed by atoms with Gasteiger partial charge in [0, 0.05) is 5.10 Å². The minimum absolute atomic E-state index is 0.254. The average molecular weight is 164 g/mol. The van der Waals surface area contributed by atoms with Crippen molar-refractivity contribution < 1.29 is 9.37 Å². The molecule has 4 heteroatoms. The van der Waals surface area contributed by atoms with Gasteiger partial charge in [0.1, 0.15) is 5.82 Å². The van der Waals surface area contributed by atoms with Gasteiger partial charge in [-0.2, -0.15) is 0 Å². The molecule has 12 heavy (non-hydrogen) atoms. The highest BCUT2D eigenvalue weighted by Crippen LogP contribution is 2.11. The number of hydrogen-bond donors (Lipinski definition) is 1. The van der Waals surface area contributed by atoms with Crippen LogP contribution in [0, 0.1) is 5.82 Å². The molecule has 0 radical (unpaired) electrons. The Kier molecular flexibility index (Phi) is 1.59. The third-order valence-corrected chi connectivity index (χ3v) is 1.56. The number of nitrogens with one attached hydrogen (secondary N) is 2. The van der Waals surface area contributed by atoms with E-state index in [1.54, 1.807) is 12.1 Å². The number of benzene rings is 1. The fourth-order valence-electron chi connectivity index (χ4n) is 1.02. The molecular weight excluding hydrogens is 157 g/mol. The van der Waals surface area contributed by atoms with E-state index < -0.39 is 0 Å². The first-order valence-corrected chi connectivity index (χ1v) is 3.53. The second-order valence-corrected chi connectivity index (χ2v) is 2.40. The number of H-pyrrole nitrogens is 2. The third kappa shape index (κ3) is 1.18. The Labute approximate surface area is 68.3 Å². The molecule has 0 spiro atoms. The molecule has 0 atom stereocenters. The van der Waals surface area contributed by atoms with E-state index in [-0.39, 0.29) is 5.82 Å². The van der Waals surface area contributed by atoms with E-state index in [9.17, 15) is 4.39 Å². The monoisotopic (exact) mass is 164 g/mol. The first-order valence-electron chi connectivity index (χ1n) is 3.53. The van der Waals surface area contributed by atoms with Crippen LogP contribution >= 0.6 is 0 Å². The average Bonchev–Trinajstić information content (AvgIpc) is 2.56. The quantitative estimate of drug-likeness (QED) is 0.672. The lowest BCUT2D eigenvalue weighted by Crippen LogP contribution is -2.00. The van der Waals surface area contributed by atoms with Crippen molar-refractivity contribution in [3.8, 4) is 11.4 Å². The lowest BCUT2D eigenvalue weighted by molar-refractivity contribution is -0.364. The Morgan fingerprint density at radius 1 is 1.42 bits per heavy atom. The summed E-state index contributed by atoms with van der Waals surface area (Å²) in [6, 6.07) is 6.29. The number of nitrogens with zero attached hydrogens (tertiary/aromatic N) is 1. The number of aromatic nitrogens is 3. The first kappa shape index (κ1) is 6.97. The van der Waals surface area contributed by atoms with Crippen LogP contribution in [0.15, 0.2) is 30.6 Å². The summed E-state index contributed by atoms with van der Waals surface area (Å²) in [7, 11) is 0. The maximum absolute atomic E-state index is 12.7. The Morgan fingerprint density at radius 2 is 2.33 bits per heavy atom. The molecule has 1 aromatic carbocycles. The lowest BCUT2D eigenvalue weighted by Gasteiger charge is -1.90. The minimum Gasteiger partial charge on any atom is -0.244 e. The number of rotatable bonds is 1. The van der Waals surface area contributed by atoms with E-state index in [2.05, 4.69) is 15.2 Å². The molecule has 0 amide bonds. The van der Waals surface area contributed by atoms with Crippen molar-refractivity contribution in [1.29, 1.82) is 0 Å². The Bertz CT molecular complexity index is 370. The molecule has 0 aliphatic rings.